The molecule has 1 aromatic carbocycles. The molecule has 0 radical (unpaired) electrons. The van der Waals surface area contributed by atoms with Crippen LogP contribution in [0.15, 0.2) is 28.7 Å². The van der Waals surface area contributed by atoms with Crippen LogP contribution in [0.4, 0.5) is 0 Å². The first-order valence-electron chi connectivity index (χ1n) is 6.76. The van der Waals surface area contributed by atoms with E-state index in [1.54, 1.807) is 0 Å². The predicted octanol–water partition coefficient (Wildman–Crippen LogP) is 3.91. The van der Waals surface area contributed by atoms with Crippen LogP contribution in [0.25, 0.3) is 0 Å². The Morgan fingerprint density at radius 2 is 2.06 bits per heavy atom. The van der Waals surface area contributed by atoms with Crippen molar-refractivity contribution in [2.75, 3.05) is 13.2 Å². The second-order valence-electron chi connectivity index (χ2n) is 5.35. The first-order valence-corrected chi connectivity index (χ1v) is 7.55. The van der Waals surface area contributed by atoms with Crippen LogP contribution in [0.3, 0.4) is 0 Å². The molecule has 3 heteroatoms. The molecule has 1 fully saturated rings. The maximum Gasteiger partial charge on any atom is 0.0960 e. The van der Waals surface area contributed by atoms with E-state index in [1.807, 2.05) is 6.07 Å². The van der Waals surface area contributed by atoms with Gasteiger partial charge in [0, 0.05) is 17.1 Å². The smallest absolute Gasteiger partial charge is 0.0960 e. The van der Waals surface area contributed by atoms with E-state index in [0.717, 1.165) is 23.5 Å². The Morgan fingerprint density at radius 3 is 2.67 bits per heavy atom. The van der Waals surface area contributed by atoms with Gasteiger partial charge < -0.3 is 10.1 Å². The van der Waals surface area contributed by atoms with Crippen LogP contribution < -0.4 is 5.32 Å². The standard InChI is InChI=1S/C15H22BrNO/c1-11(2)17-9-15(18-10-12-7-8-12)13-5-3-4-6-14(13)16/h3-6,11-12,15,17H,7-10H2,1-2H3. The van der Waals surface area contributed by atoms with Crippen molar-refractivity contribution in [1.29, 1.82) is 0 Å². The second kappa shape index (κ2) is 6.69. The summed E-state index contributed by atoms with van der Waals surface area (Å²) in [6.45, 7) is 6.09. The minimum absolute atomic E-state index is 0.142. The van der Waals surface area contributed by atoms with E-state index in [2.05, 4.69) is 53.3 Å². The number of rotatable bonds is 7. The van der Waals surface area contributed by atoms with Gasteiger partial charge in [0.1, 0.15) is 0 Å². The number of ether oxygens (including phenoxy) is 1. The largest absolute Gasteiger partial charge is 0.372 e. The molecule has 2 rings (SSSR count). The summed E-state index contributed by atoms with van der Waals surface area (Å²) in [4.78, 5) is 0. The van der Waals surface area contributed by atoms with Gasteiger partial charge in [-0.1, -0.05) is 48.0 Å². The van der Waals surface area contributed by atoms with Gasteiger partial charge in [-0.3, -0.25) is 0 Å². The van der Waals surface area contributed by atoms with E-state index in [1.165, 1.54) is 18.4 Å². The van der Waals surface area contributed by atoms with Gasteiger partial charge in [0.25, 0.3) is 0 Å². The Kier molecular flexibility index (Phi) is 5.22. The second-order valence-corrected chi connectivity index (χ2v) is 6.20. The van der Waals surface area contributed by atoms with Gasteiger partial charge in [-0.15, -0.1) is 0 Å². The zero-order valence-electron chi connectivity index (χ0n) is 11.2. The summed E-state index contributed by atoms with van der Waals surface area (Å²) in [7, 11) is 0. The summed E-state index contributed by atoms with van der Waals surface area (Å²) in [6.07, 6.45) is 2.81. The van der Waals surface area contributed by atoms with Crippen molar-refractivity contribution >= 4 is 15.9 Å². The number of hydrogen-bond acceptors (Lipinski definition) is 2. The Bertz CT molecular complexity index is 371. The van der Waals surface area contributed by atoms with Crippen LogP contribution in [-0.4, -0.2) is 19.2 Å². The van der Waals surface area contributed by atoms with Crippen LogP contribution in [0.5, 0.6) is 0 Å². The van der Waals surface area contributed by atoms with Crippen molar-refractivity contribution < 1.29 is 4.74 Å². The molecule has 2 nitrogen and oxygen atoms in total. The van der Waals surface area contributed by atoms with E-state index >= 15 is 0 Å². The Labute approximate surface area is 118 Å². The molecular weight excluding hydrogens is 290 g/mol. The lowest BCUT2D eigenvalue weighted by atomic mass is 10.1. The zero-order chi connectivity index (χ0) is 13.0. The van der Waals surface area contributed by atoms with Gasteiger partial charge in [-0.05, 0) is 30.4 Å². The van der Waals surface area contributed by atoms with Crippen LogP contribution in [-0.2, 0) is 4.74 Å². The zero-order valence-corrected chi connectivity index (χ0v) is 12.7. The van der Waals surface area contributed by atoms with E-state index in [4.69, 9.17) is 4.74 Å². The molecule has 1 aliphatic carbocycles. The van der Waals surface area contributed by atoms with Crippen molar-refractivity contribution in [2.24, 2.45) is 5.92 Å². The quantitative estimate of drug-likeness (QED) is 0.824. The van der Waals surface area contributed by atoms with Crippen molar-refractivity contribution in [1.82, 2.24) is 5.32 Å². The number of benzene rings is 1. The molecule has 1 saturated carbocycles. The van der Waals surface area contributed by atoms with Crippen LogP contribution in [0.1, 0.15) is 38.4 Å². The van der Waals surface area contributed by atoms with E-state index < -0.39 is 0 Å². The van der Waals surface area contributed by atoms with Crippen molar-refractivity contribution in [3.05, 3.63) is 34.3 Å². The van der Waals surface area contributed by atoms with Gasteiger partial charge in [0.05, 0.1) is 12.7 Å². The highest BCUT2D eigenvalue weighted by Crippen LogP contribution is 2.32. The van der Waals surface area contributed by atoms with Crippen molar-refractivity contribution in [2.45, 2.75) is 38.8 Å². The third kappa shape index (κ3) is 4.38. The van der Waals surface area contributed by atoms with E-state index in [0.29, 0.717) is 6.04 Å². The Hall–Kier alpha value is -0.380. The molecule has 1 atom stereocenters. The monoisotopic (exact) mass is 311 g/mol. The lowest BCUT2D eigenvalue weighted by molar-refractivity contribution is 0.0436. The third-order valence-electron chi connectivity index (χ3n) is 3.19. The maximum atomic E-state index is 6.09. The normalized spacial score (nSPS) is 17.1. The number of halogens is 1. The van der Waals surface area contributed by atoms with Crippen LogP contribution in [0, 0.1) is 5.92 Å². The fourth-order valence-corrected chi connectivity index (χ4v) is 2.41. The lowest BCUT2D eigenvalue weighted by Gasteiger charge is -2.21. The van der Waals surface area contributed by atoms with E-state index in [9.17, 15) is 0 Å². The average molecular weight is 312 g/mol. The molecule has 0 saturated heterocycles. The maximum absolute atomic E-state index is 6.09. The van der Waals surface area contributed by atoms with E-state index in [-0.39, 0.29) is 6.10 Å². The fourth-order valence-electron chi connectivity index (χ4n) is 1.87. The lowest BCUT2D eigenvalue weighted by Crippen LogP contribution is -2.29. The molecule has 1 N–H and O–H groups in total. The summed E-state index contributed by atoms with van der Waals surface area (Å²) < 4.78 is 7.23. The number of hydrogen-bond donors (Lipinski definition) is 1. The molecule has 0 bridgehead atoms. The average Bonchev–Trinajstić information content (AvgIpc) is 3.14. The van der Waals surface area contributed by atoms with Gasteiger partial charge in [0.2, 0.25) is 0 Å². The van der Waals surface area contributed by atoms with Gasteiger partial charge in [-0.25, -0.2) is 0 Å². The summed E-state index contributed by atoms with van der Waals surface area (Å²) in [5, 5.41) is 3.47. The summed E-state index contributed by atoms with van der Waals surface area (Å²) in [6, 6.07) is 8.83. The molecule has 0 aliphatic heterocycles. The topological polar surface area (TPSA) is 21.3 Å². The van der Waals surface area contributed by atoms with Gasteiger partial charge in [-0.2, -0.15) is 0 Å². The predicted molar refractivity (Wildman–Crippen MR) is 78.7 cm³/mol. The molecular formula is C15H22BrNO. The highest BCUT2D eigenvalue weighted by atomic mass is 79.9. The SMILES string of the molecule is CC(C)NCC(OCC1CC1)c1ccccc1Br. The van der Waals surface area contributed by atoms with Crippen LogP contribution >= 0.6 is 15.9 Å². The summed E-state index contributed by atoms with van der Waals surface area (Å²) in [5.41, 5.74) is 1.24. The number of nitrogens with one attached hydrogen (secondary N) is 1. The molecule has 0 heterocycles. The molecule has 1 aliphatic rings. The third-order valence-corrected chi connectivity index (χ3v) is 3.92. The van der Waals surface area contributed by atoms with Crippen molar-refractivity contribution in [3.8, 4) is 0 Å². The minimum atomic E-state index is 0.142. The molecule has 0 spiro atoms. The molecule has 18 heavy (non-hydrogen) atoms. The summed E-state index contributed by atoms with van der Waals surface area (Å²) >= 11 is 3.62. The van der Waals surface area contributed by atoms with Crippen LogP contribution in [0.2, 0.25) is 0 Å². The Balaban J connectivity index is 1.99. The van der Waals surface area contributed by atoms with Gasteiger partial charge in [0.15, 0.2) is 0 Å². The fraction of sp³-hybridized carbons (Fsp3) is 0.600. The molecule has 100 valence electrons. The molecule has 0 amide bonds. The first-order chi connectivity index (χ1) is 8.66. The first kappa shape index (κ1) is 14.0. The molecule has 1 unspecified atom stereocenters. The Morgan fingerprint density at radius 1 is 1.33 bits per heavy atom. The molecule has 1 aromatic rings. The highest BCUT2D eigenvalue weighted by Gasteiger charge is 2.24. The minimum Gasteiger partial charge on any atom is -0.372 e. The van der Waals surface area contributed by atoms with Crippen molar-refractivity contribution in [3.63, 3.8) is 0 Å². The summed E-state index contributed by atoms with van der Waals surface area (Å²) in [5.74, 6) is 0.800. The van der Waals surface area contributed by atoms with Gasteiger partial charge >= 0.3 is 0 Å². The molecule has 0 aromatic heterocycles. The highest BCUT2D eigenvalue weighted by molar-refractivity contribution is 9.10.